The van der Waals surface area contributed by atoms with Gasteiger partial charge in [-0.1, -0.05) is 30.3 Å². The van der Waals surface area contributed by atoms with E-state index in [9.17, 15) is 9.59 Å². The summed E-state index contributed by atoms with van der Waals surface area (Å²) >= 11 is 0. The van der Waals surface area contributed by atoms with Gasteiger partial charge in [0.05, 0.1) is 5.69 Å². The summed E-state index contributed by atoms with van der Waals surface area (Å²) in [7, 11) is 0. The third-order valence-electron chi connectivity index (χ3n) is 7.13. The largest absolute Gasteiger partial charge is 0.482 e. The number of rotatable bonds is 8. The molecule has 36 heavy (non-hydrogen) atoms. The minimum absolute atomic E-state index is 0.00690. The predicted molar refractivity (Wildman–Crippen MR) is 139 cm³/mol. The molecule has 2 amide bonds. The number of amides is 2. The molecule has 0 spiro atoms. The number of piperidine rings is 1. The second-order valence-corrected chi connectivity index (χ2v) is 9.37. The van der Waals surface area contributed by atoms with Crippen LogP contribution in [0, 0.1) is 0 Å². The van der Waals surface area contributed by atoms with E-state index in [4.69, 9.17) is 4.74 Å². The van der Waals surface area contributed by atoms with Crippen LogP contribution in [-0.2, 0) is 11.2 Å². The van der Waals surface area contributed by atoms with Crippen molar-refractivity contribution >= 4 is 17.5 Å². The molecule has 0 atom stereocenters. The van der Waals surface area contributed by atoms with Crippen molar-refractivity contribution in [1.29, 1.82) is 0 Å². The smallest absolute Gasteiger partial charge is 0.265 e. The van der Waals surface area contributed by atoms with Crippen LogP contribution in [0.25, 0.3) is 0 Å². The molecule has 3 aromatic rings. The molecule has 1 aromatic heterocycles. The molecule has 2 aliphatic rings. The van der Waals surface area contributed by atoms with E-state index >= 15 is 0 Å². The monoisotopic (exact) mass is 484 g/mol. The van der Waals surface area contributed by atoms with Crippen molar-refractivity contribution in [2.45, 2.75) is 25.2 Å². The van der Waals surface area contributed by atoms with Gasteiger partial charge in [-0.05, 0) is 79.7 Å². The zero-order chi connectivity index (χ0) is 24.7. The average Bonchev–Trinajstić information content (AvgIpc) is 2.93. The van der Waals surface area contributed by atoms with Crippen LogP contribution in [0.15, 0.2) is 73.1 Å². The third-order valence-corrected chi connectivity index (χ3v) is 7.13. The zero-order valence-corrected chi connectivity index (χ0v) is 20.4. The molecule has 5 rings (SSSR count). The number of hydrogen-bond acceptors (Lipinski definition) is 5. The number of nitrogens with zero attached hydrogens (tertiary/aromatic N) is 3. The lowest BCUT2D eigenvalue weighted by molar-refractivity contribution is -0.121. The number of nitrogens with one attached hydrogen (secondary N) is 1. The summed E-state index contributed by atoms with van der Waals surface area (Å²) in [4.78, 5) is 33.8. The van der Waals surface area contributed by atoms with Gasteiger partial charge in [0.25, 0.3) is 11.8 Å². The number of ether oxygens (including phenoxy) is 1. The highest BCUT2D eigenvalue weighted by Crippen LogP contribution is 2.33. The molecule has 0 bridgehead atoms. The Hall–Kier alpha value is -3.71. The van der Waals surface area contributed by atoms with Crippen LogP contribution >= 0.6 is 0 Å². The van der Waals surface area contributed by atoms with Crippen molar-refractivity contribution in [3.8, 4) is 5.75 Å². The number of pyridine rings is 1. The van der Waals surface area contributed by atoms with Crippen LogP contribution in [0.4, 0.5) is 5.69 Å². The molecule has 0 aliphatic carbocycles. The Morgan fingerprint density at radius 1 is 0.972 bits per heavy atom. The predicted octanol–water partition coefficient (Wildman–Crippen LogP) is 3.66. The molecular formula is C29H32N4O3. The molecule has 7 nitrogen and oxygen atoms in total. The van der Waals surface area contributed by atoms with Crippen molar-refractivity contribution in [3.05, 3.63) is 89.7 Å². The van der Waals surface area contributed by atoms with Gasteiger partial charge in [0, 0.05) is 37.6 Å². The summed E-state index contributed by atoms with van der Waals surface area (Å²) < 4.78 is 5.56. The molecule has 7 heteroatoms. The van der Waals surface area contributed by atoms with E-state index in [0.29, 0.717) is 19.0 Å². The molecule has 2 aromatic carbocycles. The summed E-state index contributed by atoms with van der Waals surface area (Å²) in [6.07, 6.45) is 6.32. The quantitative estimate of drug-likeness (QED) is 0.528. The van der Waals surface area contributed by atoms with Crippen molar-refractivity contribution < 1.29 is 14.3 Å². The summed E-state index contributed by atoms with van der Waals surface area (Å²) in [5.41, 5.74) is 3.93. The summed E-state index contributed by atoms with van der Waals surface area (Å²) in [6.45, 7) is 4.06. The van der Waals surface area contributed by atoms with E-state index in [1.165, 1.54) is 0 Å². The number of aromatic nitrogens is 1. The van der Waals surface area contributed by atoms with Gasteiger partial charge >= 0.3 is 0 Å². The number of carbonyl (C=O) groups excluding carboxylic acids is 2. The molecule has 3 heterocycles. The Bertz CT molecular complexity index is 1190. The van der Waals surface area contributed by atoms with Gasteiger partial charge in [0.1, 0.15) is 5.75 Å². The first-order valence-electron chi connectivity index (χ1n) is 12.7. The molecule has 0 saturated carbocycles. The zero-order valence-electron chi connectivity index (χ0n) is 20.4. The van der Waals surface area contributed by atoms with Gasteiger partial charge in [-0.2, -0.15) is 0 Å². The lowest BCUT2D eigenvalue weighted by Gasteiger charge is -2.35. The highest BCUT2D eigenvalue weighted by Gasteiger charge is 2.28. The minimum Gasteiger partial charge on any atom is -0.482 e. The Kier molecular flexibility index (Phi) is 7.57. The van der Waals surface area contributed by atoms with Crippen molar-refractivity contribution in [3.63, 3.8) is 0 Å². The van der Waals surface area contributed by atoms with E-state index in [1.54, 1.807) is 12.4 Å². The lowest BCUT2D eigenvalue weighted by Crippen LogP contribution is -2.45. The highest BCUT2D eigenvalue weighted by atomic mass is 16.5. The topological polar surface area (TPSA) is 74.8 Å². The van der Waals surface area contributed by atoms with Gasteiger partial charge in [-0.15, -0.1) is 0 Å². The molecule has 2 aliphatic heterocycles. The van der Waals surface area contributed by atoms with Gasteiger partial charge in [0.15, 0.2) is 6.61 Å². The van der Waals surface area contributed by atoms with E-state index < -0.39 is 0 Å². The first-order valence-corrected chi connectivity index (χ1v) is 12.7. The number of likely N-dealkylation sites (tertiary alicyclic amines) is 1. The molecule has 1 saturated heterocycles. The third kappa shape index (κ3) is 5.57. The lowest BCUT2D eigenvalue weighted by atomic mass is 9.86. The van der Waals surface area contributed by atoms with Crippen molar-refractivity contribution in [2.75, 3.05) is 44.2 Å². The Morgan fingerprint density at radius 3 is 2.56 bits per heavy atom. The number of fused-ring (bicyclic) bond motifs is 1. The Balaban J connectivity index is 1.14. The maximum Gasteiger partial charge on any atom is 0.265 e. The molecular weight excluding hydrogens is 452 g/mol. The van der Waals surface area contributed by atoms with Crippen LogP contribution < -0.4 is 15.0 Å². The van der Waals surface area contributed by atoms with Gasteiger partial charge in [0.2, 0.25) is 0 Å². The normalized spacial score (nSPS) is 16.3. The number of anilines is 1. The first-order chi connectivity index (χ1) is 17.7. The van der Waals surface area contributed by atoms with E-state index in [-0.39, 0.29) is 18.4 Å². The van der Waals surface area contributed by atoms with E-state index in [2.05, 4.69) is 21.3 Å². The summed E-state index contributed by atoms with van der Waals surface area (Å²) in [5.74, 6) is 1.12. The fourth-order valence-corrected chi connectivity index (χ4v) is 5.13. The Morgan fingerprint density at radius 2 is 1.72 bits per heavy atom. The minimum atomic E-state index is -0.00780. The average molecular weight is 485 g/mol. The van der Waals surface area contributed by atoms with Gasteiger partial charge in [-0.3, -0.25) is 14.6 Å². The van der Waals surface area contributed by atoms with Gasteiger partial charge < -0.3 is 19.9 Å². The second-order valence-electron chi connectivity index (χ2n) is 9.37. The van der Waals surface area contributed by atoms with Crippen LogP contribution in [0.3, 0.4) is 0 Å². The van der Waals surface area contributed by atoms with Crippen LogP contribution in [0.5, 0.6) is 5.75 Å². The van der Waals surface area contributed by atoms with E-state index in [0.717, 1.165) is 67.0 Å². The van der Waals surface area contributed by atoms with Crippen molar-refractivity contribution in [1.82, 2.24) is 15.2 Å². The number of hydrogen-bond donors (Lipinski definition) is 1. The van der Waals surface area contributed by atoms with E-state index in [1.807, 2.05) is 59.5 Å². The maximum atomic E-state index is 13.0. The number of benzene rings is 2. The fraction of sp³-hybridized carbons (Fsp3) is 0.345. The summed E-state index contributed by atoms with van der Waals surface area (Å²) in [5, 5.41) is 3.09. The summed E-state index contributed by atoms with van der Waals surface area (Å²) in [6, 6.07) is 19.7. The molecule has 0 radical (unpaired) electrons. The standard InChI is InChI=1S/C29H32N4O3/c34-28-21-36-27-8-4-3-7-26(27)33(28)20-19-32-17-12-23(13-18-32)24-5-1-2-6-25(24)29(35)31-16-11-22-9-14-30-15-10-22/h1-10,14-15,23H,11-13,16-21H2,(H,31,35). The SMILES string of the molecule is O=C(NCCc1ccncc1)c1ccccc1C1CCN(CCN2C(=O)COc3ccccc32)CC1. The molecule has 1 fully saturated rings. The maximum absolute atomic E-state index is 13.0. The second kappa shape index (κ2) is 11.4. The number of para-hydroxylation sites is 2. The number of carbonyl (C=O) groups is 2. The van der Waals surface area contributed by atoms with Crippen LogP contribution in [0.1, 0.15) is 40.2 Å². The molecule has 1 N–H and O–H groups in total. The molecule has 0 unspecified atom stereocenters. The van der Waals surface area contributed by atoms with Crippen LogP contribution in [-0.4, -0.2) is 61.0 Å². The first kappa shape index (κ1) is 24.0. The highest BCUT2D eigenvalue weighted by molar-refractivity contribution is 5.97. The van der Waals surface area contributed by atoms with Crippen LogP contribution in [0.2, 0.25) is 0 Å². The fourth-order valence-electron chi connectivity index (χ4n) is 5.13. The van der Waals surface area contributed by atoms with Crippen molar-refractivity contribution in [2.24, 2.45) is 0 Å². The van der Waals surface area contributed by atoms with Gasteiger partial charge in [-0.25, -0.2) is 0 Å². The Labute approximate surface area is 212 Å². The molecule has 186 valence electrons.